The van der Waals surface area contributed by atoms with Crippen LogP contribution in [0.15, 0.2) is 36.5 Å². The first kappa shape index (κ1) is 11.4. The summed E-state index contributed by atoms with van der Waals surface area (Å²) in [5.74, 6) is 0. The molecule has 2 heterocycles. The lowest BCUT2D eigenvalue weighted by molar-refractivity contribution is 0.673. The topological polar surface area (TPSA) is 22.8 Å². The summed E-state index contributed by atoms with van der Waals surface area (Å²) >= 11 is 6.29. The van der Waals surface area contributed by atoms with Crippen LogP contribution in [0.3, 0.4) is 0 Å². The Morgan fingerprint density at radius 3 is 2.72 bits per heavy atom. The van der Waals surface area contributed by atoms with Crippen LogP contribution in [-0.4, -0.2) is 14.3 Å². The van der Waals surface area contributed by atoms with Crippen molar-refractivity contribution in [2.45, 2.75) is 13.5 Å². The summed E-state index contributed by atoms with van der Waals surface area (Å²) in [6, 6.07) is 10.4. The molecule has 1 aromatic carbocycles. The minimum atomic E-state index is 0.740. The smallest absolute Gasteiger partial charge is 0.0865 e. The van der Waals surface area contributed by atoms with Crippen molar-refractivity contribution >= 4 is 22.5 Å². The van der Waals surface area contributed by atoms with Gasteiger partial charge in [0.2, 0.25) is 0 Å². The number of rotatable bonds is 2. The van der Waals surface area contributed by atoms with Gasteiger partial charge >= 0.3 is 0 Å². The molecule has 0 aliphatic rings. The van der Waals surface area contributed by atoms with Crippen molar-refractivity contribution in [2.75, 3.05) is 0 Å². The van der Waals surface area contributed by atoms with Gasteiger partial charge in [-0.15, -0.1) is 0 Å². The van der Waals surface area contributed by atoms with Crippen molar-refractivity contribution in [1.29, 1.82) is 0 Å². The molecule has 3 aromatic rings. The van der Waals surface area contributed by atoms with Gasteiger partial charge in [-0.2, -0.15) is 5.10 Å². The van der Waals surface area contributed by atoms with Crippen LogP contribution in [0, 0.1) is 6.92 Å². The summed E-state index contributed by atoms with van der Waals surface area (Å²) in [5.41, 5.74) is 3.13. The maximum Gasteiger partial charge on any atom is 0.0865 e. The second kappa shape index (κ2) is 4.18. The first-order chi connectivity index (χ1) is 8.66. The molecule has 0 atom stereocenters. The number of benzene rings is 1. The van der Waals surface area contributed by atoms with E-state index in [-0.39, 0.29) is 0 Å². The number of hydrogen-bond donors (Lipinski definition) is 0. The Hall–Kier alpha value is -1.74. The third kappa shape index (κ3) is 1.71. The Bertz CT molecular complexity index is 709. The standard InChI is InChI=1S/C14H14ClN3/c1-10-14(15)13(17(2)16-10)9-18-8-7-11-5-3-4-6-12(11)18/h3-8H,9H2,1-2H3. The normalized spacial score (nSPS) is 11.3. The predicted molar refractivity (Wildman–Crippen MR) is 74.0 cm³/mol. The monoisotopic (exact) mass is 259 g/mol. The van der Waals surface area contributed by atoms with Crippen LogP contribution in [0.1, 0.15) is 11.4 Å². The van der Waals surface area contributed by atoms with E-state index in [2.05, 4.69) is 40.1 Å². The van der Waals surface area contributed by atoms with E-state index in [1.54, 1.807) is 0 Å². The first-order valence-corrected chi connectivity index (χ1v) is 6.26. The van der Waals surface area contributed by atoms with Gasteiger partial charge in [-0.25, -0.2) is 0 Å². The van der Waals surface area contributed by atoms with Crippen LogP contribution in [0.5, 0.6) is 0 Å². The van der Waals surface area contributed by atoms with Crippen LogP contribution in [-0.2, 0) is 13.6 Å². The number of para-hydroxylation sites is 1. The van der Waals surface area contributed by atoms with E-state index in [4.69, 9.17) is 11.6 Å². The Morgan fingerprint density at radius 2 is 2.00 bits per heavy atom. The highest BCUT2D eigenvalue weighted by Gasteiger charge is 2.12. The maximum atomic E-state index is 6.29. The minimum Gasteiger partial charge on any atom is -0.341 e. The van der Waals surface area contributed by atoms with Gasteiger partial charge in [0.25, 0.3) is 0 Å². The third-order valence-corrected chi connectivity index (χ3v) is 3.75. The van der Waals surface area contributed by atoms with Crippen LogP contribution in [0.4, 0.5) is 0 Å². The number of nitrogens with zero attached hydrogens (tertiary/aromatic N) is 3. The second-order valence-corrected chi connectivity index (χ2v) is 4.85. The van der Waals surface area contributed by atoms with Crippen molar-refractivity contribution in [3.8, 4) is 0 Å². The maximum absolute atomic E-state index is 6.29. The van der Waals surface area contributed by atoms with Crippen molar-refractivity contribution in [2.24, 2.45) is 7.05 Å². The van der Waals surface area contributed by atoms with Gasteiger partial charge in [0, 0.05) is 18.8 Å². The van der Waals surface area contributed by atoms with Crippen LogP contribution in [0.2, 0.25) is 5.02 Å². The molecule has 0 bridgehead atoms. The Kier molecular flexibility index (Phi) is 2.63. The highest BCUT2D eigenvalue weighted by molar-refractivity contribution is 6.31. The van der Waals surface area contributed by atoms with Gasteiger partial charge in [0.15, 0.2) is 0 Å². The Morgan fingerprint density at radius 1 is 1.22 bits per heavy atom. The molecule has 0 fully saturated rings. The zero-order valence-electron chi connectivity index (χ0n) is 10.4. The van der Waals surface area contributed by atoms with E-state index in [0.717, 1.165) is 23.0 Å². The zero-order valence-corrected chi connectivity index (χ0v) is 11.1. The molecule has 0 aliphatic carbocycles. The molecule has 0 amide bonds. The fourth-order valence-corrected chi connectivity index (χ4v) is 2.51. The van der Waals surface area contributed by atoms with Gasteiger partial charge < -0.3 is 4.57 Å². The van der Waals surface area contributed by atoms with Crippen molar-refractivity contribution in [3.05, 3.63) is 52.9 Å². The summed E-state index contributed by atoms with van der Waals surface area (Å²) in [5, 5.41) is 6.35. The number of fused-ring (bicyclic) bond motifs is 1. The number of hydrogen-bond acceptors (Lipinski definition) is 1. The van der Waals surface area contributed by atoms with Crippen molar-refractivity contribution in [1.82, 2.24) is 14.3 Å². The number of aryl methyl sites for hydroxylation is 2. The quantitative estimate of drug-likeness (QED) is 0.692. The van der Waals surface area contributed by atoms with E-state index in [0.29, 0.717) is 0 Å². The molecule has 0 unspecified atom stereocenters. The van der Waals surface area contributed by atoms with Crippen LogP contribution < -0.4 is 0 Å². The molecule has 18 heavy (non-hydrogen) atoms. The molecule has 0 radical (unpaired) electrons. The lowest BCUT2D eigenvalue weighted by Gasteiger charge is -2.06. The number of aromatic nitrogens is 3. The van der Waals surface area contributed by atoms with Crippen LogP contribution in [0.25, 0.3) is 10.9 Å². The highest BCUT2D eigenvalue weighted by atomic mass is 35.5. The van der Waals surface area contributed by atoms with Crippen molar-refractivity contribution < 1.29 is 0 Å². The molecule has 3 nitrogen and oxygen atoms in total. The summed E-state index contributed by atoms with van der Waals surface area (Å²) in [7, 11) is 1.93. The molecule has 0 saturated carbocycles. The summed E-state index contributed by atoms with van der Waals surface area (Å²) in [6.45, 7) is 2.67. The Balaban J connectivity index is 2.07. The lowest BCUT2D eigenvalue weighted by atomic mass is 10.2. The van der Waals surface area contributed by atoms with Crippen LogP contribution >= 0.6 is 11.6 Å². The van der Waals surface area contributed by atoms with Gasteiger partial charge in [0.05, 0.1) is 23.0 Å². The molecular formula is C14H14ClN3. The summed E-state index contributed by atoms with van der Waals surface area (Å²) in [4.78, 5) is 0. The molecule has 0 aliphatic heterocycles. The van der Waals surface area contributed by atoms with E-state index in [1.165, 1.54) is 10.9 Å². The van der Waals surface area contributed by atoms with E-state index >= 15 is 0 Å². The van der Waals surface area contributed by atoms with Crippen molar-refractivity contribution in [3.63, 3.8) is 0 Å². The second-order valence-electron chi connectivity index (χ2n) is 4.47. The Labute approximate surface area is 111 Å². The minimum absolute atomic E-state index is 0.740. The molecular weight excluding hydrogens is 246 g/mol. The van der Waals surface area contributed by atoms with Gasteiger partial charge in [0.1, 0.15) is 0 Å². The largest absolute Gasteiger partial charge is 0.341 e. The number of halogens is 1. The van der Waals surface area contributed by atoms with E-state index < -0.39 is 0 Å². The SMILES string of the molecule is Cc1nn(C)c(Cn2ccc3ccccc32)c1Cl. The third-order valence-electron chi connectivity index (χ3n) is 3.26. The first-order valence-electron chi connectivity index (χ1n) is 5.88. The van der Waals surface area contributed by atoms with Gasteiger partial charge in [-0.1, -0.05) is 29.8 Å². The average molecular weight is 260 g/mol. The summed E-state index contributed by atoms with van der Waals surface area (Å²) < 4.78 is 4.05. The molecule has 4 heteroatoms. The zero-order chi connectivity index (χ0) is 12.7. The average Bonchev–Trinajstić information content (AvgIpc) is 2.87. The lowest BCUT2D eigenvalue weighted by Crippen LogP contribution is -2.04. The predicted octanol–water partition coefficient (Wildman–Crippen LogP) is 3.38. The fraction of sp³-hybridized carbons (Fsp3) is 0.214. The molecule has 0 saturated heterocycles. The highest BCUT2D eigenvalue weighted by Crippen LogP contribution is 2.23. The van der Waals surface area contributed by atoms with Gasteiger partial charge in [-0.3, -0.25) is 4.68 Å². The molecule has 3 rings (SSSR count). The fourth-order valence-electron chi connectivity index (χ4n) is 2.29. The molecule has 2 aromatic heterocycles. The molecule has 92 valence electrons. The summed E-state index contributed by atoms with van der Waals surface area (Å²) in [6.07, 6.45) is 2.09. The van der Waals surface area contributed by atoms with E-state index in [9.17, 15) is 0 Å². The van der Waals surface area contributed by atoms with E-state index in [1.807, 2.05) is 24.7 Å². The van der Waals surface area contributed by atoms with Gasteiger partial charge in [-0.05, 0) is 24.4 Å². The molecule has 0 spiro atoms. The molecule has 0 N–H and O–H groups in total.